The van der Waals surface area contributed by atoms with E-state index in [1.165, 1.54) is 11.3 Å². The van der Waals surface area contributed by atoms with Gasteiger partial charge in [-0.25, -0.2) is 4.98 Å². The second kappa shape index (κ2) is 6.66. The van der Waals surface area contributed by atoms with E-state index in [1.807, 2.05) is 17.5 Å². The van der Waals surface area contributed by atoms with Crippen LogP contribution in [0.5, 0.6) is 10.9 Å². The number of carbonyl (C=O) groups is 1. The summed E-state index contributed by atoms with van der Waals surface area (Å²) >= 11 is 4.89. The van der Waals surface area contributed by atoms with Crippen molar-refractivity contribution in [2.45, 2.75) is 12.5 Å². The van der Waals surface area contributed by atoms with E-state index in [4.69, 9.17) is 9.47 Å². The first-order chi connectivity index (χ1) is 10.7. The van der Waals surface area contributed by atoms with Crippen LogP contribution in [0.1, 0.15) is 16.8 Å². The van der Waals surface area contributed by atoms with Crippen LogP contribution in [-0.4, -0.2) is 42.1 Å². The molecule has 1 fully saturated rings. The molecule has 2 aromatic rings. The van der Waals surface area contributed by atoms with Crippen LogP contribution >= 0.6 is 27.3 Å². The number of aromatic nitrogens is 1. The van der Waals surface area contributed by atoms with Crippen molar-refractivity contribution in [3.8, 4) is 10.9 Å². The first-order valence-electron chi connectivity index (χ1n) is 6.86. The standard InChI is InChI=1S/C15H15BrN2O3S/c1-20-10-2-3-13(16)12(8-10)14(19)18-6-4-11(9-18)21-15-17-5-7-22-15/h2-3,5,7-8,11H,4,6,9H2,1H3. The lowest BCUT2D eigenvalue weighted by molar-refractivity contribution is 0.0771. The van der Waals surface area contributed by atoms with Gasteiger partial charge in [0.25, 0.3) is 11.1 Å². The molecular formula is C15H15BrN2O3S. The zero-order valence-corrected chi connectivity index (χ0v) is 14.4. The van der Waals surface area contributed by atoms with E-state index >= 15 is 0 Å². The second-order valence-corrected chi connectivity index (χ2v) is 6.63. The average molecular weight is 383 g/mol. The Morgan fingerprint density at radius 3 is 3.09 bits per heavy atom. The molecule has 0 spiro atoms. The van der Waals surface area contributed by atoms with Gasteiger partial charge in [0.2, 0.25) is 0 Å². The molecule has 1 unspecified atom stereocenters. The molecule has 1 aliphatic rings. The van der Waals surface area contributed by atoms with Gasteiger partial charge in [0.15, 0.2) is 0 Å². The van der Waals surface area contributed by atoms with E-state index < -0.39 is 0 Å². The molecule has 0 N–H and O–H groups in total. The molecule has 22 heavy (non-hydrogen) atoms. The van der Waals surface area contributed by atoms with Crippen molar-refractivity contribution in [1.82, 2.24) is 9.88 Å². The molecule has 1 saturated heterocycles. The molecule has 7 heteroatoms. The van der Waals surface area contributed by atoms with Crippen LogP contribution in [0, 0.1) is 0 Å². The summed E-state index contributed by atoms with van der Waals surface area (Å²) in [7, 11) is 1.59. The van der Waals surface area contributed by atoms with Crippen LogP contribution in [0.3, 0.4) is 0 Å². The largest absolute Gasteiger partial charge is 0.497 e. The van der Waals surface area contributed by atoms with Gasteiger partial charge in [0.05, 0.1) is 19.2 Å². The molecule has 1 aliphatic heterocycles. The quantitative estimate of drug-likeness (QED) is 0.814. The van der Waals surface area contributed by atoms with Gasteiger partial charge < -0.3 is 14.4 Å². The van der Waals surface area contributed by atoms with Crippen LogP contribution in [0.2, 0.25) is 0 Å². The zero-order chi connectivity index (χ0) is 15.5. The Bertz CT molecular complexity index is 663. The van der Waals surface area contributed by atoms with Gasteiger partial charge in [-0.15, -0.1) is 0 Å². The SMILES string of the molecule is COc1ccc(Br)c(C(=O)N2CCC(Oc3nccs3)C2)c1. The number of benzene rings is 1. The predicted octanol–water partition coefficient (Wildman–Crippen LogP) is 3.21. The first-order valence-corrected chi connectivity index (χ1v) is 8.53. The van der Waals surface area contributed by atoms with Crippen LogP contribution in [0.15, 0.2) is 34.2 Å². The number of likely N-dealkylation sites (tertiary alicyclic amines) is 1. The van der Waals surface area contributed by atoms with E-state index in [9.17, 15) is 4.79 Å². The fourth-order valence-corrected chi connectivity index (χ4v) is 3.35. The summed E-state index contributed by atoms with van der Waals surface area (Å²) in [4.78, 5) is 18.6. The molecule has 3 rings (SSSR count). The highest BCUT2D eigenvalue weighted by Gasteiger charge is 2.29. The highest BCUT2D eigenvalue weighted by molar-refractivity contribution is 9.10. The molecule has 0 radical (unpaired) electrons. The summed E-state index contributed by atoms with van der Waals surface area (Å²) in [6.07, 6.45) is 2.53. The van der Waals surface area contributed by atoms with E-state index in [-0.39, 0.29) is 12.0 Å². The third-order valence-corrected chi connectivity index (χ3v) is 4.87. The number of carbonyl (C=O) groups excluding carboxylic acids is 1. The number of halogens is 1. The predicted molar refractivity (Wildman–Crippen MR) is 87.7 cm³/mol. The lowest BCUT2D eigenvalue weighted by Gasteiger charge is -2.17. The average Bonchev–Trinajstić information content (AvgIpc) is 3.19. The first kappa shape index (κ1) is 15.3. The Kier molecular flexibility index (Phi) is 4.63. The van der Waals surface area contributed by atoms with Crippen LogP contribution in [0.25, 0.3) is 0 Å². The highest BCUT2D eigenvalue weighted by Crippen LogP contribution is 2.26. The molecule has 0 saturated carbocycles. The minimum absolute atomic E-state index is 0.000478. The number of methoxy groups -OCH3 is 1. The second-order valence-electron chi connectivity index (χ2n) is 4.92. The molecule has 1 atom stereocenters. The molecule has 0 bridgehead atoms. The van der Waals surface area contributed by atoms with Gasteiger partial charge in [-0.2, -0.15) is 0 Å². The van der Waals surface area contributed by atoms with Crippen molar-refractivity contribution < 1.29 is 14.3 Å². The summed E-state index contributed by atoms with van der Waals surface area (Å²) in [5, 5.41) is 2.53. The van der Waals surface area contributed by atoms with E-state index in [0.29, 0.717) is 29.6 Å². The van der Waals surface area contributed by atoms with Crippen molar-refractivity contribution in [3.63, 3.8) is 0 Å². The maximum absolute atomic E-state index is 12.7. The van der Waals surface area contributed by atoms with Crippen LogP contribution < -0.4 is 9.47 Å². The van der Waals surface area contributed by atoms with Gasteiger partial charge in [0, 0.05) is 29.0 Å². The lowest BCUT2D eigenvalue weighted by atomic mass is 10.2. The number of nitrogens with zero attached hydrogens (tertiary/aromatic N) is 2. The van der Waals surface area contributed by atoms with E-state index in [2.05, 4.69) is 20.9 Å². The summed E-state index contributed by atoms with van der Waals surface area (Å²) in [5.74, 6) is 0.650. The van der Waals surface area contributed by atoms with Crippen molar-refractivity contribution in [3.05, 3.63) is 39.8 Å². The summed E-state index contributed by atoms with van der Waals surface area (Å²) < 4.78 is 11.7. The Balaban J connectivity index is 1.68. The fraction of sp³-hybridized carbons (Fsp3) is 0.333. The maximum atomic E-state index is 12.7. The summed E-state index contributed by atoms with van der Waals surface area (Å²) in [5.41, 5.74) is 0.606. The number of thiazole rings is 1. The summed E-state index contributed by atoms with van der Waals surface area (Å²) in [6, 6.07) is 5.40. The van der Waals surface area contributed by atoms with Gasteiger partial charge in [-0.3, -0.25) is 4.79 Å². The number of ether oxygens (including phenoxy) is 2. The maximum Gasteiger partial charge on any atom is 0.273 e. The van der Waals surface area contributed by atoms with E-state index in [1.54, 1.807) is 24.3 Å². The van der Waals surface area contributed by atoms with Gasteiger partial charge >= 0.3 is 0 Å². The van der Waals surface area contributed by atoms with E-state index in [0.717, 1.165) is 10.9 Å². The molecule has 1 aromatic carbocycles. The molecule has 2 heterocycles. The van der Waals surface area contributed by atoms with Crippen molar-refractivity contribution >= 4 is 33.2 Å². The fourth-order valence-electron chi connectivity index (χ4n) is 2.39. The minimum atomic E-state index is -0.0176. The van der Waals surface area contributed by atoms with Crippen molar-refractivity contribution in [2.24, 2.45) is 0 Å². The van der Waals surface area contributed by atoms with Crippen molar-refractivity contribution in [1.29, 1.82) is 0 Å². The molecule has 0 aliphatic carbocycles. The number of hydrogen-bond donors (Lipinski definition) is 0. The molecule has 1 aromatic heterocycles. The zero-order valence-electron chi connectivity index (χ0n) is 12.0. The van der Waals surface area contributed by atoms with Crippen LogP contribution in [0.4, 0.5) is 0 Å². The van der Waals surface area contributed by atoms with Gasteiger partial charge in [-0.05, 0) is 34.1 Å². The minimum Gasteiger partial charge on any atom is -0.497 e. The smallest absolute Gasteiger partial charge is 0.273 e. The molecule has 5 nitrogen and oxygen atoms in total. The van der Waals surface area contributed by atoms with Crippen LogP contribution in [-0.2, 0) is 0 Å². The molecule has 116 valence electrons. The highest BCUT2D eigenvalue weighted by atomic mass is 79.9. The van der Waals surface area contributed by atoms with Crippen molar-refractivity contribution in [2.75, 3.05) is 20.2 Å². The molecule has 1 amide bonds. The third kappa shape index (κ3) is 3.25. The normalized spacial score (nSPS) is 17.5. The Hall–Kier alpha value is -1.60. The lowest BCUT2D eigenvalue weighted by Crippen LogP contribution is -2.31. The summed E-state index contributed by atoms with van der Waals surface area (Å²) in [6.45, 7) is 1.25. The third-order valence-electron chi connectivity index (χ3n) is 3.51. The Labute approximate surface area is 141 Å². The number of amides is 1. The Morgan fingerprint density at radius 2 is 2.36 bits per heavy atom. The van der Waals surface area contributed by atoms with Gasteiger partial charge in [-0.1, -0.05) is 11.3 Å². The number of rotatable bonds is 4. The topological polar surface area (TPSA) is 51.7 Å². The van der Waals surface area contributed by atoms with Gasteiger partial charge in [0.1, 0.15) is 11.9 Å². The molecular weight excluding hydrogens is 368 g/mol. The Morgan fingerprint density at radius 1 is 1.50 bits per heavy atom. The number of hydrogen-bond acceptors (Lipinski definition) is 5. The monoisotopic (exact) mass is 382 g/mol.